The number of benzene rings is 1. The zero-order chi connectivity index (χ0) is 13.8. The second-order valence-corrected chi connectivity index (χ2v) is 6.02. The number of likely N-dealkylation sites (tertiary alicyclic amines) is 1. The molecule has 1 aromatic carbocycles. The summed E-state index contributed by atoms with van der Waals surface area (Å²) >= 11 is 0. The van der Waals surface area contributed by atoms with E-state index in [1.54, 1.807) is 0 Å². The number of aliphatic hydroxyl groups is 1. The third-order valence-electron chi connectivity index (χ3n) is 4.46. The van der Waals surface area contributed by atoms with E-state index in [1.807, 2.05) is 30.3 Å². The SMILES string of the molecule is CCC(C(O)c1ccccc1)N1CCCC1C(C)C. The molecule has 1 N–H and O–H groups in total. The highest BCUT2D eigenvalue weighted by Crippen LogP contribution is 2.32. The van der Waals surface area contributed by atoms with Crippen LogP contribution >= 0.6 is 0 Å². The number of hydrogen-bond donors (Lipinski definition) is 1. The molecule has 1 heterocycles. The van der Waals surface area contributed by atoms with Crippen molar-refractivity contribution in [1.82, 2.24) is 4.90 Å². The van der Waals surface area contributed by atoms with Crippen molar-refractivity contribution in [2.75, 3.05) is 6.54 Å². The van der Waals surface area contributed by atoms with Crippen molar-refractivity contribution in [1.29, 1.82) is 0 Å². The Balaban J connectivity index is 2.15. The molecule has 1 aromatic rings. The lowest BCUT2D eigenvalue weighted by Crippen LogP contribution is -2.44. The molecule has 0 radical (unpaired) electrons. The Hall–Kier alpha value is -0.860. The highest BCUT2D eigenvalue weighted by Gasteiger charge is 2.35. The minimum Gasteiger partial charge on any atom is -0.387 e. The van der Waals surface area contributed by atoms with E-state index in [9.17, 15) is 5.11 Å². The van der Waals surface area contributed by atoms with Crippen LogP contribution in [0, 0.1) is 5.92 Å². The predicted octanol–water partition coefficient (Wildman–Crippen LogP) is 3.62. The Bertz CT molecular complexity index is 376. The van der Waals surface area contributed by atoms with Crippen molar-refractivity contribution in [2.45, 2.75) is 58.2 Å². The Labute approximate surface area is 117 Å². The lowest BCUT2D eigenvalue weighted by atomic mass is 9.95. The van der Waals surface area contributed by atoms with Crippen molar-refractivity contribution in [2.24, 2.45) is 5.92 Å². The molecule has 106 valence electrons. The number of nitrogens with zero attached hydrogens (tertiary/aromatic N) is 1. The van der Waals surface area contributed by atoms with Gasteiger partial charge in [-0.1, -0.05) is 51.1 Å². The molecule has 1 aliphatic rings. The van der Waals surface area contributed by atoms with Crippen LogP contribution in [-0.4, -0.2) is 28.6 Å². The fraction of sp³-hybridized carbons (Fsp3) is 0.647. The van der Waals surface area contributed by atoms with E-state index in [0.29, 0.717) is 12.0 Å². The molecular weight excluding hydrogens is 234 g/mol. The van der Waals surface area contributed by atoms with Crippen molar-refractivity contribution >= 4 is 0 Å². The second-order valence-electron chi connectivity index (χ2n) is 6.02. The van der Waals surface area contributed by atoms with Gasteiger partial charge in [-0.2, -0.15) is 0 Å². The monoisotopic (exact) mass is 261 g/mol. The van der Waals surface area contributed by atoms with Crippen LogP contribution in [-0.2, 0) is 0 Å². The first-order chi connectivity index (χ1) is 9.15. The Morgan fingerprint density at radius 2 is 1.95 bits per heavy atom. The van der Waals surface area contributed by atoms with Gasteiger partial charge in [-0.3, -0.25) is 4.90 Å². The van der Waals surface area contributed by atoms with Crippen molar-refractivity contribution in [3.8, 4) is 0 Å². The van der Waals surface area contributed by atoms with Crippen molar-refractivity contribution < 1.29 is 5.11 Å². The van der Waals surface area contributed by atoms with Crippen LogP contribution < -0.4 is 0 Å². The van der Waals surface area contributed by atoms with Crippen LogP contribution in [0.25, 0.3) is 0 Å². The maximum absolute atomic E-state index is 10.7. The molecule has 3 unspecified atom stereocenters. The summed E-state index contributed by atoms with van der Waals surface area (Å²) in [6, 6.07) is 11.0. The normalized spacial score (nSPS) is 23.7. The number of aliphatic hydroxyl groups excluding tert-OH is 1. The van der Waals surface area contributed by atoms with E-state index in [2.05, 4.69) is 25.7 Å². The first-order valence-corrected chi connectivity index (χ1v) is 7.64. The molecule has 19 heavy (non-hydrogen) atoms. The van der Waals surface area contributed by atoms with Gasteiger partial charge in [0.15, 0.2) is 0 Å². The molecule has 0 amide bonds. The summed E-state index contributed by atoms with van der Waals surface area (Å²) in [6.07, 6.45) is 3.17. The molecule has 1 aliphatic heterocycles. The molecule has 0 spiro atoms. The largest absolute Gasteiger partial charge is 0.387 e. The number of hydrogen-bond acceptors (Lipinski definition) is 2. The van der Waals surface area contributed by atoms with E-state index < -0.39 is 0 Å². The van der Waals surface area contributed by atoms with Gasteiger partial charge in [-0.05, 0) is 37.3 Å². The summed E-state index contributed by atoms with van der Waals surface area (Å²) in [5.41, 5.74) is 1.05. The van der Waals surface area contributed by atoms with Gasteiger partial charge in [0.1, 0.15) is 0 Å². The van der Waals surface area contributed by atoms with Crippen LogP contribution in [0.15, 0.2) is 30.3 Å². The summed E-state index contributed by atoms with van der Waals surface area (Å²) < 4.78 is 0. The van der Waals surface area contributed by atoms with Gasteiger partial charge in [0, 0.05) is 12.1 Å². The predicted molar refractivity (Wildman–Crippen MR) is 80.0 cm³/mol. The first kappa shape index (κ1) is 14.5. The van der Waals surface area contributed by atoms with Gasteiger partial charge >= 0.3 is 0 Å². The average Bonchev–Trinajstić information content (AvgIpc) is 2.90. The van der Waals surface area contributed by atoms with Gasteiger partial charge in [-0.25, -0.2) is 0 Å². The van der Waals surface area contributed by atoms with Crippen molar-refractivity contribution in [3.63, 3.8) is 0 Å². The van der Waals surface area contributed by atoms with Gasteiger partial charge in [0.25, 0.3) is 0 Å². The van der Waals surface area contributed by atoms with Crippen LogP contribution in [0.4, 0.5) is 0 Å². The Kier molecular flexibility index (Phi) is 5.00. The molecular formula is C17H27NO. The number of rotatable bonds is 5. The fourth-order valence-corrected chi connectivity index (χ4v) is 3.45. The maximum Gasteiger partial charge on any atom is 0.0945 e. The van der Waals surface area contributed by atoms with Crippen LogP contribution in [0.3, 0.4) is 0 Å². The third-order valence-corrected chi connectivity index (χ3v) is 4.46. The van der Waals surface area contributed by atoms with E-state index in [1.165, 1.54) is 12.8 Å². The summed E-state index contributed by atoms with van der Waals surface area (Å²) in [5, 5.41) is 10.7. The van der Waals surface area contributed by atoms with E-state index >= 15 is 0 Å². The maximum atomic E-state index is 10.7. The zero-order valence-corrected chi connectivity index (χ0v) is 12.4. The minimum absolute atomic E-state index is 0.247. The van der Waals surface area contributed by atoms with Gasteiger partial charge in [0.2, 0.25) is 0 Å². The zero-order valence-electron chi connectivity index (χ0n) is 12.4. The molecule has 0 aromatic heterocycles. The molecule has 2 heteroatoms. The smallest absolute Gasteiger partial charge is 0.0945 e. The Morgan fingerprint density at radius 3 is 2.53 bits per heavy atom. The van der Waals surface area contributed by atoms with Gasteiger partial charge < -0.3 is 5.11 Å². The topological polar surface area (TPSA) is 23.5 Å². The summed E-state index contributed by atoms with van der Waals surface area (Å²) in [4.78, 5) is 2.54. The average molecular weight is 261 g/mol. The van der Waals surface area contributed by atoms with Gasteiger partial charge in [-0.15, -0.1) is 0 Å². The lowest BCUT2D eigenvalue weighted by Gasteiger charge is -2.37. The van der Waals surface area contributed by atoms with Crippen LogP contribution in [0.5, 0.6) is 0 Å². The second kappa shape index (κ2) is 6.53. The first-order valence-electron chi connectivity index (χ1n) is 7.64. The highest BCUT2D eigenvalue weighted by molar-refractivity contribution is 5.19. The quantitative estimate of drug-likeness (QED) is 0.875. The van der Waals surface area contributed by atoms with Gasteiger partial charge in [0.05, 0.1) is 6.10 Å². The molecule has 0 saturated carbocycles. The molecule has 0 aliphatic carbocycles. The van der Waals surface area contributed by atoms with Crippen LogP contribution in [0.2, 0.25) is 0 Å². The fourth-order valence-electron chi connectivity index (χ4n) is 3.45. The molecule has 1 saturated heterocycles. The summed E-state index contributed by atoms with van der Waals surface area (Å²) in [6.45, 7) is 7.91. The van der Waals surface area contributed by atoms with Crippen molar-refractivity contribution in [3.05, 3.63) is 35.9 Å². The molecule has 1 fully saturated rings. The molecule has 0 bridgehead atoms. The minimum atomic E-state index is -0.370. The highest BCUT2D eigenvalue weighted by atomic mass is 16.3. The van der Waals surface area contributed by atoms with E-state index in [0.717, 1.165) is 18.5 Å². The summed E-state index contributed by atoms with van der Waals surface area (Å²) in [7, 11) is 0. The van der Waals surface area contributed by atoms with Crippen LogP contribution in [0.1, 0.15) is 51.7 Å². The lowest BCUT2D eigenvalue weighted by molar-refractivity contribution is 0.0280. The molecule has 2 nitrogen and oxygen atoms in total. The standard InChI is InChI=1S/C17H27NO/c1-4-15(17(19)14-9-6-5-7-10-14)18-12-8-11-16(18)13(2)3/h5-7,9-10,13,15-17,19H,4,8,11-12H2,1-3H3. The Morgan fingerprint density at radius 1 is 1.26 bits per heavy atom. The van der Waals surface area contributed by atoms with E-state index in [4.69, 9.17) is 0 Å². The molecule has 3 atom stereocenters. The van der Waals surface area contributed by atoms with E-state index in [-0.39, 0.29) is 12.1 Å². The molecule has 2 rings (SSSR count). The third kappa shape index (κ3) is 3.18. The summed E-state index contributed by atoms with van der Waals surface area (Å²) in [5.74, 6) is 0.666.